The Balaban J connectivity index is 1.46. The minimum absolute atomic E-state index is 0.0161. The number of hydrogen-bond acceptors (Lipinski definition) is 3. The number of urea groups is 1. The monoisotopic (exact) mass is 379 g/mol. The van der Waals surface area contributed by atoms with Crippen LogP contribution in [0.5, 0.6) is 0 Å². The summed E-state index contributed by atoms with van der Waals surface area (Å²) >= 11 is 6.10. The van der Waals surface area contributed by atoms with Crippen LogP contribution < -0.4 is 5.32 Å². The molecule has 2 heterocycles. The second kappa shape index (κ2) is 8.51. The first-order valence-electron chi connectivity index (χ1n) is 8.71. The highest BCUT2D eigenvalue weighted by atomic mass is 35.5. The summed E-state index contributed by atoms with van der Waals surface area (Å²) < 4.78 is 15.7. The molecule has 6 nitrogen and oxygen atoms in total. The Labute approximate surface area is 157 Å². The number of aromatic nitrogens is 2. The summed E-state index contributed by atoms with van der Waals surface area (Å²) in [5.74, 6) is -0.287. The highest BCUT2D eigenvalue weighted by Gasteiger charge is 2.23. The molecule has 1 aromatic heterocycles. The van der Waals surface area contributed by atoms with Gasteiger partial charge in [0.15, 0.2) is 0 Å². The second-order valence-electron chi connectivity index (χ2n) is 6.54. The standard InChI is InChI=1S/C18H23ClFN5O/c1-14(12-25-7-3-6-21-25)22-18(26)24-10-8-23(9-11-24)13-15-16(19)4-2-5-17(15)20/h2-7,14H,8-13H2,1H3,(H,22,26). The van der Waals surface area contributed by atoms with E-state index in [0.29, 0.717) is 49.9 Å². The number of halogens is 2. The fraction of sp³-hybridized carbons (Fsp3) is 0.444. The first kappa shape index (κ1) is 18.7. The first-order chi connectivity index (χ1) is 12.5. The number of nitrogens with one attached hydrogen (secondary N) is 1. The molecule has 1 atom stereocenters. The van der Waals surface area contributed by atoms with Crippen molar-refractivity contribution in [1.82, 2.24) is 24.9 Å². The Morgan fingerprint density at radius 1 is 1.31 bits per heavy atom. The minimum Gasteiger partial charge on any atom is -0.334 e. The van der Waals surface area contributed by atoms with E-state index in [1.165, 1.54) is 6.07 Å². The number of amides is 2. The van der Waals surface area contributed by atoms with Crippen molar-refractivity contribution in [3.8, 4) is 0 Å². The third kappa shape index (κ3) is 4.74. The zero-order chi connectivity index (χ0) is 18.5. The zero-order valence-electron chi connectivity index (χ0n) is 14.7. The summed E-state index contributed by atoms with van der Waals surface area (Å²) in [7, 11) is 0. The quantitative estimate of drug-likeness (QED) is 0.868. The van der Waals surface area contributed by atoms with E-state index in [1.807, 2.05) is 19.2 Å². The normalized spacial score (nSPS) is 16.5. The van der Waals surface area contributed by atoms with Gasteiger partial charge in [-0.05, 0) is 25.1 Å². The molecule has 0 spiro atoms. The molecule has 1 aliphatic rings. The lowest BCUT2D eigenvalue weighted by atomic mass is 10.2. The van der Waals surface area contributed by atoms with E-state index >= 15 is 0 Å². The molecule has 1 aromatic carbocycles. The Bertz CT molecular complexity index is 711. The predicted molar refractivity (Wildman–Crippen MR) is 98.5 cm³/mol. The van der Waals surface area contributed by atoms with Crippen LogP contribution in [0.2, 0.25) is 5.02 Å². The van der Waals surface area contributed by atoms with Gasteiger partial charge in [-0.2, -0.15) is 5.10 Å². The summed E-state index contributed by atoms with van der Waals surface area (Å²) in [5, 5.41) is 7.58. The van der Waals surface area contributed by atoms with Crippen molar-refractivity contribution >= 4 is 17.6 Å². The van der Waals surface area contributed by atoms with Crippen molar-refractivity contribution in [2.45, 2.75) is 26.1 Å². The smallest absolute Gasteiger partial charge is 0.317 e. The average Bonchev–Trinajstić information content (AvgIpc) is 3.11. The summed E-state index contributed by atoms with van der Waals surface area (Å²) in [6, 6.07) is 6.49. The highest BCUT2D eigenvalue weighted by Crippen LogP contribution is 2.21. The highest BCUT2D eigenvalue weighted by molar-refractivity contribution is 6.31. The van der Waals surface area contributed by atoms with Crippen LogP contribution in [0.4, 0.5) is 9.18 Å². The van der Waals surface area contributed by atoms with Gasteiger partial charge in [0.1, 0.15) is 5.82 Å². The van der Waals surface area contributed by atoms with Gasteiger partial charge < -0.3 is 10.2 Å². The fourth-order valence-electron chi connectivity index (χ4n) is 3.05. The molecule has 8 heteroatoms. The topological polar surface area (TPSA) is 53.4 Å². The third-order valence-corrected chi connectivity index (χ3v) is 4.85. The molecule has 1 unspecified atom stereocenters. The molecular formula is C18H23ClFN5O. The SMILES string of the molecule is CC(Cn1cccn1)NC(=O)N1CCN(Cc2c(F)cccc2Cl)CC1. The van der Waals surface area contributed by atoms with Gasteiger partial charge in [0.25, 0.3) is 0 Å². The number of hydrogen-bond donors (Lipinski definition) is 1. The maximum Gasteiger partial charge on any atom is 0.317 e. The van der Waals surface area contributed by atoms with Crippen molar-refractivity contribution in [2.24, 2.45) is 0 Å². The van der Waals surface area contributed by atoms with Crippen LogP contribution in [-0.4, -0.2) is 57.8 Å². The summed E-state index contributed by atoms with van der Waals surface area (Å²) in [4.78, 5) is 16.3. The Hall–Kier alpha value is -2.12. The van der Waals surface area contributed by atoms with Crippen LogP contribution in [0.3, 0.4) is 0 Å². The molecule has 1 aliphatic heterocycles. The molecule has 1 fully saturated rings. The summed E-state index contributed by atoms with van der Waals surface area (Å²) in [5.41, 5.74) is 0.514. The van der Waals surface area contributed by atoms with Gasteiger partial charge in [-0.1, -0.05) is 17.7 Å². The van der Waals surface area contributed by atoms with Crippen LogP contribution in [0.1, 0.15) is 12.5 Å². The number of nitrogens with zero attached hydrogens (tertiary/aromatic N) is 4. The van der Waals surface area contributed by atoms with Crippen LogP contribution in [0, 0.1) is 5.82 Å². The zero-order valence-corrected chi connectivity index (χ0v) is 15.5. The van der Waals surface area contributed by atoms with E-state index in [4.69, 9.17) is 11.6 Å². The van der Waals surface area contributed by atoms with E-state index in [-0.39, 0.29) is 17.9 Å². The summed E-state index contributed by atoms with van der Waals surface area (Å²) in [6.07, 6.45) is 3.59. The lowest BCUT2D eigenvalue weighted by molar-refractivity contribution is 0.132. The number of carbonyl (C=O) groups is 1. The Morgan fingerprint density at radius 2 is 2.08 bits per heavy atom. The largest absolute Gasteiger partial charge is 0.334 e. The van der Waals surface area contributed by atoms with Gasteiger partial charge in [-0.3, -0.25) is 9.58 Å². The van der Waals surface area contributed by atoms with Gasteiger partial charge in [-0.15, -0.1) is 0 Å². The number of benzene rings is 1. The Kier molecular flexibility index (Phi) is 6.11. The molecule has 140 valence electrons. The molecule has 2 aromatic rings. The molecule has 0 saturated carbocycles. The molecule has 1 saturated heterocycles. The van der Waals surface area contributed by atoms with Crippen molar-refractivity contribution in [1.29, 1.82) is 0 Å². The fourth-order valence-corrected chi connectivity index (χ4v) is 3.28. The Morgan fingerprint density at radius 3 is 2.73 bits per heavy atom. The van der Waals surface area contributed by atoms with Crippen LogP contribution in [-0.2, 0) is 13.1 Å². The van der Waals surface area contributed by atoms with Gasteiger partial charge in [-0.25, -0.2) is 9.18 Å². The number of piperazine rings is 1. The van der Waals surface area contributed by atoms with Crippen LogP contribution in [0.25, 0.3) is 0 Å². The molecule has 26 heavy (non-hydrogen) atoms. The first-order valence-corrected chi connectivity index (χ1v) is 9.09. The van der Waals surface area contributed by atoms with Crippen LogP contribution in [0.15, 0.2) is 36.7 Å². The number of rotatable bonds is 5. The van der Waals surface area contributed by atoms with E-state index in [2.05, 4.69) is 15.3 Å². The maximum atomic E-state index is 13.9. The predicted octanol–water partition coefficient (Wildman–Crippen LogP) is 2.59. The average molecular weight is 380 g/mol. The summed E-state index contributed by atoms with van der Waals surface area (Å²) in [6.45, 7) is 5.62. The molecule has 0 radical (unpaired) electrons. The second-order valence-corrected chi connectivity index (χ2v) is 6.95. The lowest BCUT2D eigenvalue weighted by Crippen LogP contribution is -2.53. The minimum atomic E-state index is -0.287. The van der Waals surface area contributed by atoms with Gasteiger partial charge in [0.2, 0.25) is 0 Å². The number of carbonyl (C=O) groups excluding carboxylic acids is 1. The van der Waals surface area contributed by atoms with Crippen molar-refractivity contribution in [3.63, 3.8) is 0 Å². The molecule has 1 N–H and O–H groups in total. The maximum absolute atomic E-state index is 13.9. The molecular weight excluding hydrogens is 357 g/mol. The van der Waals surface area contributed by atoms with E-state index in [0.717, 1.165) is 0 Å². The van der Waals surface area contributed by atoms with Crippen molar-refractivity contribution < 1.29 is 9.18 Å². The third-order valence-electron chi connectivity index (χ3n) is 4.49. The van der Waals surface area contributed by atoms with Gasteiger partial charge in [0, 0.05) is 61.7 Å². The van der Waals surface area contributed by atoms with E-state index in [1.54, 1.807) is 27.9 Å². The van der Waals surface area contributed by atoms with Gasteiger partial charge in [0.05, 0.1) is 6.54 Å². The van der Waals surface area contributed by atoms with Crippen LogP contribution >= 0.6 is 11.6 Å². The van der Waals surface area contributed by atoms with E-state index < -0.39 is 0 Å². The molecule has 3 rings (SSSR count). The molecule has 0 bridgehead atoms. The lowest BCUT2D eigenvalue weighted by Gasteiger charge is -2.35. The van der Waals surface area contributed by atoms with E-state index in [9.17, 15) is 9.18 Å². The van der Waals surface area contributed by atoms with Crippen molar-refractivity contribution in [2.75, 3.05) is 26.2 Å². The molecule has 0 aliphatic carbocycles. The van der Waals surface area contributed by atoms with Crippen molar-refractivity contribution in [3.05, 3.63) is 53.1 Å². The molecule has 2 amide bonds. The van der Waals surface area contributed by atoms with Gasteiger partial charge >= 0.3 is 6.03 Å².